The SMILES string of the molecule is NC(=O)C1CCCN1S(=O)(=O)CCC1CCNCC1. The summed E-state index contributed by atoms with van der Waals surface area (Å²) in [6.45, 7) is 2.37. The van der Waals surface area contributed by atoms with Crippen LogP contribution in [0.15, 0.2) is 0 Å². The van der Waals surface area contributed by atoms with Gasteiger partial charge in [0.2, 0.25) is 15.9 Å². The third kappa shape index (κ3) is 3.67. The molecule has 2 rings (SSSR count). The zero-order valence-electron chi connectivity index (χ0n) is 11.2. The van der Waals surface area contributed by atoms with E-state index in [9.17, 15) is 13.2 Å². The van der Waals surface area contributed by atoms with Gasteiger partial charge < -0.3 is 11.1 Å². The molecular weight excluding hydrogens is 266 g/mol. The van der Waals surface area contributed by atoms with E-state index >= 15 is 0 Å². The third-order valence-electron chi connectivity index (χ3n) is 4.13. The summed E-state index contributed by atoms with van der Waals surface area (Å²) in [5.74, 6) is 0.0927. The quantitative estimate of drug-likeness (QED) is 0.724. The van der Waals surface area contributed by atoms with Gasteiger partial charge in [-0.1, -0.05) is 0 Å². The van der Waals surface area contributed by atoms with Crippen molar-refractivity contribution in [1.82, 2.24) is 9.62 Å². The van der Waals surface area contributed by atoms with Crippen molar-refractivity contribution in [1.29, 1.82) is 0 Å². The zero-order valence-corrected chi connectivity index (χ0v) is 12.0. The summed E-state index contributed by atoms with van der Waals surface area (Å²) < 4.78 is 25.9. The monoisotopic (exact) mass is 289 g/mol. The summed E-state index contributed by atoms with van der Waals surface area (Å²) in [5, 5.41) is 3.27. The van der Waals surface area contributed by atoms with Crippen molar-refractivity contribution in [3.63, 3.8) is 0 Å². The molecular formula is C12H23N3O3S. The Morgan fingerprint density at radius 3 is 2.58 bits per heavy atom. The molecule has 6 nitrogen and oxygen atoms in total. The molecule has 19 heavy (non-hydrogen) atoms. The predicted molar refractivity (Wildman–Crippen MR) is 72.9 cm³/mol. The highest BCUT2D eigenvalue weighted by Crippen LogP contribution is 2.24. The Bertz CT molecular complexity index is 418. The summed E-state index contributed by atoms with van der Waals surface area (Å²) in [5.41, 5.74) is 5.27. The molecule has 0 bridgehead atoms. The smallest absolute Gasteiger partial charge is 0.235 e. The van der Waals surface area contributed by atoms with Crippen LogP contribution >= 0.6 is 0 Å². The van der Waals surface area contributed by atoms with E-state index in [2.05, 4.69) is 5.32 Å². The molecule has 0 saturated carbocycles. The first-order valence-corrected chi connectivity index (χ1v) is 8.61. The van der Waals surface area contributed by atoms with Crippen LogP contribution in [-0.2, 0) is 14.8 Å². The van der Waals surface area contributed by atoms with Crippen LogP contribution < -0.4 is 11.1 Å². The molecule has 7 heteroatoms. The number of hydrogen-bond donors (Lipinski definition) is 2. The molecule has 0 aromatic rings. The summed E-state index contributed by atoms with van der Waals surface area (Å²) in [6.07, 6.45) is 4.04. The van der Waals surface area contributed by atoms with Gasteiger partial charge in [-0.25, -0.2) is 8.42 Å². The van der Waals surface area contributed by atoms with Gasteiger partial charge in [0.15, 0.2) is 0 Å². The average molecular weight is 289 g/mol. The first-order chi connectivity index (χ1) is 9.00. The Kier molecular flexibility index (Phi) is 4.81. The molecule has 2 fully saturated rings. The van der Waals surface area contributed by atoms with E-state index in [0.29, 0.717) is 25.3 Å². The molecule has 0 aromatic carbocycles. The Hall–Kier alpha value is -0.660. The van der Waals surface area contributed by atoms with Crippen molar-refractivity contribution < 1.29 is 13.2 Å². The Morgan fingerprint density at radius 2 is 1.95 bits per heavy atom. The largest absolute Gasteiger partial charge is 0.368 e. The number of nitrogens with zero attached hydrogens (tertiary/aromatic N) is 1. The third-order valence-corrected chi connectivity index (χ3v) is 6.04. The minimum absolute atomic E-state index is 0.140. The van der Waals surface area contributed by atoms with E-state index in [-0.39, 0.29) is 5.75 Å². The van der Waals surface area contributed by atoms with Gasteiger partial charge in [-0.3, -0.25) is 4.79 Å². The lowest BCUT2D eigenvalue weighted by Gasteiger charge is -2.25. The van der Waals surface area contributed by atoms with Crippen molar-refractivity contribution in [2.75, 3.05) is 25.4 Å². The molecule has 0 aliphatic carbocycles. The van der Waals surface area contributed by atoms with Crippen LogP contribution in [0.1, 0.15) is 32.1 Å². The molecule has 1 amide bonds. The number of amides is 1. The second-order valence-electron chi connectivity index (χ2n) is 5.47. The number of rotatable bonds is 5. The van der Waals surface area contributed by atoms with Crippen LogP contribution in [0.25, 0.3) is 0 Å². The fourth-order valence-corrected chi connectivity index (χ4v) is 4.83. The molecule has 3 N–H and O–H groups in total. The van der Waals surface area contributed by atoms with Crippen molar-refractivity contribution in [3.8, 4) is 0 Å². The number of piperidine rings is 1. The summed E-state index contributed by atoms with van der Waals surface area (Å²) in [7, 11) is -3.34. The molecule has 0 radical (unpaired) electrons. The van der Waals surface area contributed by atoms with Crippen LogP contribution in [0, 0.1) is 5.92 Å². The van der Waals surface area contributed by atoms with E-state index in [4.69, 9.17) is 5.73 Å². The summed E-state index contributed by atoms with van der Waals surface area (Å²) >= 11 is 0. The maximum Gasteiger partial charge on any atom is 0.235 e. The van der Waals surface area contributed by atoms with Crippen LogP contribution in [0.2, 0.25) is 0 Å². The molecule has 2 heterocycles. The fourth-order valence-electron chi connectivity index (χ4n) is 2.96. The van der Waals surface area contributed by atoms with Gasteiger partial charge >= 0.3 is 0 Å². The van der Waals surface area contributed by atoms with Gasteiger partial charge in [-0.05, 0) is 51.1 Å². The average Bonchev–Trinajstić information content (AvgIpc) is 2.88. The molecule has 110 valence electrons. The lowest BCUT2D eigenvalue weighted by Crippen LogP contribution is -2.44. The highest BCUT2D eigenvalue weighted by atomic mass is 32.2. The van der Waals surface area contributed by atoms with Crippen LogP contribution in [0.5, 0.6) is 0 Å². The number of nitrogens with two attached hydrogens (primary N) is 1. The molecule has 2 saturated heterocycles. The van der Waals surface area contributed by atoms with Crippen molar-refractivity contribution in [3.05, 3.63) is 0 Å². The second kappa shape index (κ2) is 6.19. The van der Waals surface area contributed by atoms with E-state index in [1.165, 1.54) is 4.31 Å². The first-order valence-electron chi connectivity index (χ1n) is 7.00. The van der Waals surface area contributed by atoms with Gasteiger partial charge in [0.05, 0.1) is 5.75 Å². The van der Waals surface area contributed by atoms with Gasteiger partial charge in [-0.2, -0.15) is 4.31 Å². The molecule has 0 spiro atoms. The minimum atomic E-state index is -3.34. The number of nitrogens with one attached hydrogen (secondary N) is 1. The minimum Gasteiger partial charge on any atom is -0.368 e. The fraction of sp³-hybridized carbons (Fsp3) is 0.917. The molecule has 1 unspecified atom stereocenters. The van der Waals surface area contributed by atoms with Crippen LogP contribution in [0.4, 0.5) is 0 Å². The zero-order chi connectivity index (χ0) is 13.9. The van der Waals surface area contributed by atoms with Crippen LogP contribution in [-0.4, -0.2) is 50.1 Å². The van der Waals surface area contributed by atoms with E-state index < -0.39 is 22.0 Å². The van der Waals surface area contributed by atoms with Crippen molar-refractivity contribution >= 4 is 15.9 Å². The van der Waals surface area contributed by atoms with E-state index in [1.54, 1.807) is 0 Å². The highest BCUT2D eigenvalue weighted by Gasteiger charge is 2.37. The standard InChI is InChI=1S/C12H23N3O3S/c13-12(16)11-2-1-8-15(11)19(17,18)9-5-10-3-6-14-7-4-10/h10-11,14H,1-9H2,(H2,13,16). The van der Waals surface area contributed by atoms with Gasteiger partial charge in [-0.15, -0.1) is 0 Å². The Labute approximate surface area is 114 Å². The normalized spacial score (nSPS) is 26.6. The number of primary amides is 1. The Morgan fingerprint density at radius 1 is 1.26 bits per heavy atom. The van der Waals surface area contributed by atoms with Gasteiger partial charge in [0.1, 0.15) is 6.04 Å². The van der Waals surface area contributed by atoms with E-state index in [1.807, 2.05) is 0 Å². The maximum absolute atomic E-state index is 12.3. The number of carbonyl (C=O) groups is 1. The van der Waals surface area contributed by atoms with Gasteiger partial charge in [0, 0.05) is 6.54 Å². The van der Waals surface area contributed by atoms with Gasteiger partial charge in [0.25, 0.3) is 0 Å². The molecule has 2 aliphatic heterocycles. The van der Waals surface area contributed by atoms with Crippen molar-refractivity contribution in [2.24, 2.45) is 11.7 Å². The molecule has 1 atom stereocenters. The van der Waals surface area contributed by atoms with Crippen molar-refractivity contribution in [2.45, 2.75) is 38.1 Å². The number of hydrogen-bond acceptors (Lipinski definition) is 4. The highest BCUT2D eigenvalue weighted by molar-refractivity contribution is 7.89. The van der Waals surface area contributed by atoms with E-state index in [0.717, 1.165) is 32.4 Å². The first kappa shape index (κ1) is 14.7. The van der Waals surface area contributed by atoms with Crippen LogP contribution in [0.3, 0.4) is 0 Å². The molecule has 0 aromatic heterocycles. The predicted octanol–water partition coefficient (Wildman–Crippen LogP) is -0.344. The summed E-state index contributed by atoms with van der Waals surface area (Å²) in [4.78, 5) is 11.3. The summed E-state index contributed by atoms with van der Waals surface area (Å²) in [6, 6.07) is -0.627. The second-order valence-corrected chi connectivity index (χ2v) is 7.51. The molecule has 2 aliphatic rings. The number of carbonyl (C=O) groups excluding carboxylic acids is 1. The lowest BCUT2D eigenvalue weighted by molar-refractivity contribution is -0.121. The topological polar surface area (TPSA) is 92.5 Å². The number of sulfonamides is 1. The maximum atomic E-state index is 12.3. The Balaban J connectivity index is 1.92. The lowest BCUT2D eigenvalue weighted by atomic mass is 9.96.